The van der Waals surface area contributed by atoms with Crippen LogP contribution in [0.25, 0.3) is 17.3 Å². The van der Waals surface area contributed by atoms with Gasteiger partial charge in [-0.05, 0) is 29.8 Å². The van der Waals surface area contributed by atoms with Crippen molar-refractivity contribution < 1.29 is 13.7 Å². The molecule has 1 N–H and O–H groups in total. The van der Waals surface area contributed by atoms with Crippen LogP contribution in [-0.2, 0) is 12.0 Å². The van der Waals surface area contributed by atoms with Gasteiger partial charge in [-0.2, -0.15) is 4.98 Å². The van der Waals surface area contributed by atoms with Crippen LogP contribution < -0.4 is 5.32 Å². The molecule has 0 radical (unpaired) electrons. The Hall–Kier alpha value is -3.88. The molecule has 8 nitrogen and oxygen atoms in total. The summed E-state index contributed by atoms with van der Waals surface area (Å²) in [6.45, 7) is 6.29. The van der Waals surface area contributed by atoms with Gasteiger partial charge in [-0.1, -0.05) is 38.1 Å². The van der Waals surface area contributed by atoms with Crippen molar-refractivity contribution >= 4 is 5.91 Å². The minimum atomic E-state index is -0.342. The highest BCUT2D eigenvalue weighted by molar-refractivity contribution is 5.92. The fourth-order valence-corrected chi connectivity index (χ4v) is 2.78. The molecule has 0 spiro atoms. The van der Waals surface area contributed by atoms with E-state index in [-0.39, 0.29) is 29.4 Å². The molecule has 4 rings (SSSR count). The van der Waals surface area contributed by atoms with Crippen LogP contribution in [-0.4, -0.2) is 30.6 Å². The zero-order valence-electron chi connectivity index (χ0n) is 17.3. The molecule has 9 heteroatoms. The maximum Gasteiger partial charge on any atom is 0.271 e. The average Bonchev–Trinajstić information content (AvgIpc) is 3.43. The Morgan fingerprint density at radius 1 is 1.16 bits per heavy atom. The molecule has 0 saturated heterocycles. The lowest BCUT2D eigenvalue weighted by Crippen LogP contribution is -2.23. The standard InChI is InChI=1S/C22H21FN6O2/c1-22(2,3)21-27-20(31-28-21)15-8-9-24-18(10-15)29-12-17(26-13-29)19(30)25-11-14-4-6-16(23)7-5-14/h4-10,12-13H,11H2,1-3H3,(H,25,30). The predicted molar refractivity (Wildman–Crippen MR) is 111 cm³/mol. The lowest BCUT2D eigenvalue weighted by molar-refractivity contribution is 0.0946. The van der Waals surface area contributed by atoms with Crippen LogP contribution in [0.4, 0.5) is 4.39 Å². The second-order valence-electron chi connectivity index (χ2n) is 8.05. The number of nitrogens with one attached hydrogen (secondary N) is 1. The zero-order chi connectivity index (χ0) is 22.0. The number of hydrogen-bond donors (Lipinski definition) is 1. The third-order valence-corrected chi connectivity index (χ3v) is 4.54. The molecular weight excluding hydrogens is 399 g/mol. The number of nitrogens with zero attached hydrogens (tertiary/aromatic N) is 5. The fraction of sp³-hybridized carbons (Fsp3) is 0.227. The van der Waals surface area contributed by atoms with Gasteiger partial charge in [0.05, 0.1) is 0 Å². The van der Waals surface area contributed by atoms with Gasteiger partial charge in [0.25, 0.3) is 11.8 Å². The molecule has 0 fully saturated rings. The van der Waals surface area contributed by atoms with Crippen LogP contribution in [0, 0.1) is 5.82 Å². The molecule has 0 aliphatic carbocycles. The summed E-state index contributed by atoms with van der Waals surface area (Å²) in [6.07, 6.45) is 4.72. The number of aromatic nitrogens is 5. The van der Waals surface area contributed by atoms with Gasteiger partial charge < -0.3 is 9.84 Å². The molecule has 0 unspecified atom stereocenters. The van der Waals surface area contributed by atoms with E-state index in [0.717, 1.165) is 5.56 Å². The van der Waals surface area contributed by atoms with E-state index >= 15 is 0 Å². The molecule has 3 heterocycles. The highest BCUT2D eigenvalue weighted by Gasteiger charge is 2.21. The van der Waals surface area contributed by atoms with E-state index in [4.69, 9.17) is 4.52 Å². The molecule has 3 aromatic heterocycles. The lowest BCUT2D eigenvalue weighted by atomic mass is 9.96. The van der Waals surface area contributed by atoms with Crippen molar-refractivity contribution in [2.75, 3.05) is 0 Å². The zero-order valence-corrected chi connectivity index (χ0v) is 17.3. The number of hydrogen-bond acceptors (Lipinski definition) is 6. The Balaban J connectivity index is 1.48. The molecule has 1 aromatic carbocycles. The third kappa shape index (κ3) is 4.66. The van der Waals surface area contributed by atoms with Crippen LogP contribution in [0.15, 0.2) is 59.6 Å². The minimum Gasteiger partial charge on any atom is -0.347 e. The number of imidazole rings is 1. The van der Waals surface area contributed by atoms with Crippen molar-refractivity contribution in [3.05, 3.63) is 78.0 Å². The normalized spacial score (nSPS) is 11.5. The first-order valence-electron chi connectivity index (χ1n) is 9.67. The summed E-state index contributed by atoms with van der Waals surface area (Å²) in [7, 11) is 0. The molecule has 31 heavy (non-hydrogen) atoms. The van der Waals surface area contributed by atoms with Crippen LogP contribution >= 0.6 is 0 Å². The van der Waals surface area contributed by atoms with Crippen molar-refractivity contribution in [2.45, 2.75) is 32.7 Å². The number of amides is 1. The molecule has 4 aromatic rings. The van der Waals surface area contributed by atoms with Gasteiger partial charge >= 0.3 is 0 Å². The molecule has 1 amide bonds. The fourth-order valence-electron chi connectivity index (χ4n) is 2.78. The second-order valence-corrected chi connectivity index (χ2v) is 8.05. The van der Waals surface area contributed by atoms with Crippen molar-refractivity contribution in [3.63, 3.8) is 0 Å². The Bertz CT molecular complexity index is 1210. The van der Waals surface area contributed by atoms with Gasteiger partial charge in [-0.25, -0.2) is 14.4 Å². The van der Waals surface area contributed by atoms with Crippen LogP contribution in [0.2, 0.25) is 0 Å². The smallest absolute Gasteiger partial charge is 0.271 e. The first-order valence-corrected chi connectivity index (χ1v) is 9.67. The van der Waals surface area contributed by atoms with Gasteiger partial charge in [-0.3, -0.25) is 9.36 Å². The first-order chi connectivity index (χ1) is 14.8. The molecule has 158 valence electrons. The summed E-state index contributed by atoms with van der Waals surface area (Å²) in [4.78, 5) is 25.3. The summed E-state index contributed by atoms with van der Waals surface area (Å²) >= 11 is 0. The Morgan fingerprint density at radius 2 is 1.94 bits per heavy atom. The maximum absolute atomic E-state index is 13.0. The summed E-state index contributed by atoms with van der Waals surface area (Å²) in [6, 6.07) is 9.49. The van der Waals surface area contributed by atoms with Gasteiger partial charge in [0.15, 0.2) is 5.82 Å². The van der Waals surface area contributed by atoms with E-state index in [1.807, 2.05) is 20.8 Å². The van der Waals surface area contributed by atoms with Crippen molar-refractivity contribution in [2.24, 2.45) is 0 Å². The number of rotatable bonds is 5. The van der Waals surface area contributed by atoms with E-state index in [2.05, 4.69) is 25.4 Å². The topological polar surface area (TPSA) is 98.7 Å². The summed E-state index contributed by atoms with van der Waals surface area (Å²) in [5.41, 5.74) is 1.52. The van der Waals surface area contributed by atoms with Gasteiger partial charge in [0, 0.05) is 29.9 Å². The van der Waals surface area contributed by atoms with E-state index in [0.29, 0.717) is 23.1 Å². The van der Waals surface area contributed by atoms with Gasteiger partial charge in [0.1, 0.15) is 23.7 Å². The Kier molecular flexibility index (Phi) is 5.33. The maximum atomic E-state index is 13.0. The quantitative estimate of drug-likeness (QED) is 0.529. The second kappa shape index (κ2) is 8.10. The molecule has 0 aliphatic rings. The number of pyridine rings is 1. The van der Waals surface area contributed by atoms with E-state index in [1.54, 1.807) is 41.2 Å². The number of benzene rings is 1. The van der Waals surface area contributed by atoms with E-state index < -0.39 is 0 Å². The first kappa shape index (κ1) is 20.4. The van der Waals surface area contributed by atoms with E-state index in [9.17, 15) is 9.18 Å². The molecular formula is C22H21FN6O2. The van der Waals surface area contributed by atoms with Gasteiger partial charge in [-0.15, -0.1) is 0 Å². The summed E-state index contributed by atoms with van der Waals surface area (Å²) < 4.78 is 20.0. The largest absolute Gasteiger partial charge is 0.347 e. The number of carbonyl (C=O) groups is 1. The number of carbonyl (C=O) groups excluding carboxylic acids is 1. The Labute approximate surface area is 178 Å². The third-order valence-electron chi connectivity index (χ3n) is 4.54. The summed E-state index contributed by atoms with van der Waals surface area (Å²) in [5.74, 6) is 0.900. The molecule has 0 atom stereocenters. The molecule has 0 saturated carbocycles. The van der Waals surface area contributed by atoms with Crippen LogP contribution in [0.3, 0.4) is 0 Å². The summed E-state index contributed by atoms with van der Waals surface area (Å²) in [5, 5.41) is 6.81. The van der Waals surface area contributed by atoms with Crippen molar-refractivity contribution in [1.29, 1.82) is 0 Å². The lowest BCUT2D eigenvalue weighted by Gasteiger charge is -2.10. The highest BCUT2D eigenvalue weighted by atomic mass is 19.1. The predicted octanol–water partition coefficient (Wildman–Crippen LogP) is 3.68. The van der Waals surface area contributed by atoms with Gasteiger partial charge in [0.2, 0.25) is 0 Å². The Morgan fingerprint density at radius 3 is 2.65 bits per heavy atom. The van der Waals surface area contributed by atoms with Crippen LogP contribution in [0.1, 0.15) is 42.6 Å². The van der Waals surface area contributed by atoms with Crippen molar-refractivity contribution in [3.8, 4) is 17.3 Å². The minimum absolute atomic E-state index is 0.224. The average molecular weight is 420 g/mol. The number of halogens is 1. The molecule has 0 aliphatic heterocycles. The monoisotopic (exact) mass is 420 g/mol. The van der Waals surface area contributed by atoms with E-state index in [1.165, 1.54) is 18.5 Å². The highest BCUT2D eigenvalue weighted by Crippen LogP contribution is 2.24. The SMILES string of the molecule is CC(C)(C)c1noc(-c2ccnc(-n3cnc(C(=O)NCc4ccc(F)cc4)c3)c2)n1. The van der Waals surface area contributed by atoms with Crippen molar-refractivity contribution in [1.82, 2.24) is 30.0 Å². The van der Waals surface area contributed by atoms with Crippen LogP contribution in [0.5, 0.6) is 0 Å². The molecule has 0 bridgehead atoms.